The van der Waals surface area contributed by atoms with Gasteiger partial charge in [-0.05, 0) is 6.42 Å². The molecule has 0 amide bonds. The number of carbonyl (C=O) groups excluding carboxylic acids is 1. The van der Waals surface area contributed by atoms with Gasteiger partial charge in [-0.15, -0.1) is 0 Å². The van der Waals surface area contributed by atoms with Crippen LogP contribution in [0.3, 0.4) is 0 Å². The number of carboxylic acids is 1. The molecule has 10 heavy (non-hydrogen) atoms. The average molecular weight is 140 g/mol. The van der Waals surface area contributed by atoms with Crippen LogP contribution in [-0.4, -0.2) is 17.0 Å². The lowest BCUT2D eigenvalue weighted by atomic mass is 10.2. The van der Waals surface area contributed by atoms with E-state index < -0.39 is 5.97 Å². The summed E-state index contributed by atoms with van der Waals surface area (Å²) < 4.78 is 0. The molecule has 3 heteroatoms. The lowest BCUT2D eigenvalue weighted by molar-refractivity contribution is -0.136. The van der Waals surface area contributed by atoms with Crippen LogP contribution in [0.15, 0.2) is 18.2 Å². The minimum atomic E-state index is -0.922. The van der Waals surface area contributed by atoms with Gasteiger partial charge in [0.15, 0.2) is 0 Å². The topological polar surface area (TPSA) is 54.4 Å². The number of carbonyl (C=O) groups is 1. The Kier molecular flexibility index (Phi) is 3.92. The molecule has 0 radical (unpaired) electrons. The molecule has 0 aliphatic rings. The van der Waals surface area contributed by atoms with Crippen molar-refractivity contribution < 1.29 is 14.7 Å². The zero-order valence-corrected chi connectivity index (χ0v) is 5.46. The van der Waals surface area contributed by atoms with E-state index in [1.54, 1.807) is 5.94 Å². The highest BCUT2D eigenvalue weighted by atomic mass is 16.4. The number of aliphatic carboxylic acids is 1. The molecule has 1 N–H and O–H groups in total. The molecule has 0 heterocycles. The maximum absolute atomic E-state index is 9.96. The van der Waals surface area contributed by atoms with Crippen LogP contribution in [0.5, 0.6) is 0 Å². The van der Waals surface area contributed by atoms with Gasteiger partial charge in [-0.1, -0.05) is 12.7 Å². The van der Waals surface area contributed by atoms with Gasteiger partial charge in [0.05, 0.1) is 6.42 Å². The smallest absolute Gasteiger partial charge is 0.303 e. The second-order valence-corrected chi connectivity index (χ2v) is 1.73. The maximum atomic E-state index is 9.96. The quantitative estimate of drug-likeness (QED) is 0.464. The fraction of sp³-hybridized carbons (Fsp3) is 0.286. The fourth-order valence-electron chi connectivity index (χ4n) is 0.436. The van der Waals surface area contributed by atoms with Crippen molar-refractivity contribution in [1.29, 1.82) is 0 Å². The van der Waals surface area contributed by atoms with Gasteiger partial charge < -0.3 is 5.11 Å². The molecule has 0 spiro atoms. The highest BCUT2D eigenvalue weighted by Crippen LogP contribution is 2.00. The third-order valence-electron chi connectivity index (χ3n) is 0.986. The first kappa shape index (κ1) is 8.66. The molecule has 0 atom stereocenters. The lowest BCUT2D eigenvalue weighted by Crippen LogP contribution is -1.94. The molecule has 0 aliphatic heterocycles. The first-order chi connectivity index (χ1) is 4.70. The molecule has 0 unspecified atom stereocenters. The highest BCUT2D eigenvalue weighted by molar-refractivity contribution is 5.68. The van der Waals surface area contributed by atoms with E-state index in [0.29, 0.717) is 5.57 Å². The standard InChI is InChI=1S/C7H8O3/c1-2-6(5-8)3-4-7(9)10/h2H,1,3-4H2,(H,9,10). The zero-order chi connectivity index (χ0) is 7.98. The Morgan fingerprint density at radius 3 is 2.50 bits per heavy atom. The van der Waals surface area contributed by atoms with E-state index >= 15 is 0 Å². The molecular weight excluding hydrogens is 132 g/mol. The summed E-state index contributed by atoms with van der Waals surface area (Å²) in [6.45, 7) is 3.32. The summed E-state index contributed by atoms with van der Waals surface area (Å²) >= 11 is 0. The van der Waals surface area contributed by atoms with Crippen molar-refractivity contribution in [3.8, 4) is 0 Å². The Balaban J connectivity index is 3.78. The van der Waals surface area contributed by atoms with Crippen LogP contribution in [0.2, 0.25) is 0 Å². The Morgan fingerprint density at radius 2 is 2.20 bits per heavy atom. The number of allylic oxidation sites excluding steroid dienone is 2. The van der Waals surface area contributed by atoms with Crippen molar-refractivity contribution in [2.24, 2.45) is 0 Å². The minimum Gasteiger partial charge on any atom is -0.481 e. The molecule has 0 aromatic rings. The largest absolute Gasteiger partial charge is 0.481 e. The summed E-state index contributed by atoms with van der Waals surface area (Å²) in [5, 5.41) is 8.18. The van der Waals surface area contributed by atoms with Crippen LogP contribution in [-0.2, 0) is 9.59 Å². The van der Waals surface area contributed by atoms with E-state index in [1.807, 2.05) is 0 Å². The van der Waals surface area contributed by atoms with E-state index in [4.69, 9.17) is 5.11 Å². The Labute approximate surface area is 58.7 Å². The highest BCUT2D eigenvalue weighted by Gasteiger charge is 1.98. The Hall–Kier alpha value is -1.34. The van der Waals surface area contributed by atoms with Gasteiger partial charge in [0, 0.05) is 5.57 Å². The van der Waals surface area contributed by atoms with Crippen LogP contribution in [0.1, 0.15) is 12.8 Å². The summed E-state index contributed by atoms with van der Waals surface area (Å²) in [7, 11) is 0. The van der Waals surface area contributed by atoms with Crippen molar-refractivity contribution >= 4 is 11.9 Å². The molecule has 0 saturated heterocycles. The first-order valence-corrected chi connectivity index (χ1v) is 2.79. The van der Waals surface area contributed by atoms with Crippen LogP contribution >= 0.6 is 0 Å². The van der Waals surface area contributed by atoms with E-state index in [1.165, 1.54) is 6.08 Å². The second-order valence-electron chi connectivity index (χ2n) is 1.73. The van der Waals surface area contributed by atoms with Gasteiger partial charge in [0.1, 0.15) is 5.94 Å². The lowest BCUT2D eigenvalue weighted by Gasteiger charge is -1.90. The van der Waals surface area contributed by atoms with Crippen molar-refractivity contribution in [2.45, 2.75) is 12.8 Å². The van der Waals surface area contributed by atoms with Crippen molar-refractivity contribution in [3.05, 3.63) is 18.2 Å². The average Bonchev–Trinajstić information content (AvgIpc) is 1.90. The maximum Gasteiger partial charge on any atom is 0.303 e. The number of hydrogen-bond donors (Lipinski definition) is 1. The molecule has 0 aliphatic carbocycles. The third-order valence-corrected chi connectivity index (χ3v) is 0.986. The van der Waals surface area contributed by atoms with Gasteiger partial charge in [0.2, 0.25) is 0 Å². The van der Waals surface area contributed by atoms with Crippen LogP contribution in [0.25, 0.3) is 0 Å². The van der Waals surface area contributed by atoms with E-state index in [2.05, 4.69) is 6.58 Å². The Bertz CT molecular complexity index is 187. The number of rotatable bonds is 4. The zero-order valence-electron chi connectivity index (χ0n) is 5.46. The molecule has 3 nitrogen and oxygen atoms in total. The normalized spacial score (nSPS) is 8.00. The molecule has 0 fully saturated rings. The summed E-state index contributed by atoms with van der Waals surface area (Å²) in [5.74, 6) is 0.671. The molecular formula is C7H8O3. The summed E-state index contributed by atoms with van der Waals surface area (Å²) in [6, 6.07) is 0. The van der Waals surface area contributed by atoms with Crippen LogP contribution in [0.4, 0.5) is 0 Å². The molecule has 0 saturated carbocycles. The molecule has 0 bridgehead atoms. The Morgan fingerprint density at radius 1 is 1.60 bits per heavy atom. The molecule has 0 rings (SSSR count). The van der Waals surface area contributed by atoms with Gasteiger partial charge in [0.25, 0.3) is 0 Å². The number of carboxylic acid groups (broad SMARTS) is 1. The predicted octanol–water partition coefficient (Wildman–Crippen LogP) is 0.795. The number of hydrogen-bond acceptors (Lipinski definition) is 2. The van der Waals surface area contributed by atoms with E-state index in [9.17, 15) is 9.59 Å². The summed E-state index contributed by atoms with van der Waals surface area (Å²) in [4.78, 5) is 19.9. The van der Waals surface area contributed by atoms with Crippen molar-refractivity contribution in [3.63, 3.8) is 0 Å². The predicted molar refractivity (Wildman–Crippen MR) is 36.3 cm³/mol. The minimum absolute atomic E-state index is 0.0450. The van der Waals surface area contributed by atoms with Gasteiger partial charge in [-0.3, -0.25) is 4.79 Å². The van der Waals surface area contributed by atoms with Crippen molar-refractivity contribution in [2.75, 3.05) is 0 Å². The van der Waals surface area contributed by atoms with E-state index in [-0.39, 0.29) is 12.8 Å². The van der Waals surface area contributed by atoms with Crippen LogP contribution < -0.4 is 0 Å². The van der Waals surface area contributed by atoms with Gasteiger partial charge in [-0.25, -0.2) is 4.79 Å². The van der Waals surface area contributed by atoms with Crippen molar-refractivity contribution in [1.82, 2.24) is 0 Å². The summed E-state index contributed by atoms with van der Waals surface area (Å²) in [6.07, 6.45) is 1.48. The van der Waals surface area contributed by atoms with Gasteiger partial charge >= 0.3 is 5.97 Å². The fourth-order valence-corrected chi connectivity index (χ4v) is 0.436. The van der Waals surface area contributed by atoms with Gasteiger partial charge in [-0.2, -0.15) is 0 Å². The third kappa shape index (κ3) is 3.64. The molecule has 0 aromatic carbocycles. The second kappa shape index (κ2) is 4.53. The molecule has 54 valence electrons. The van der Waals surface area contributed by atoms with Crippen LogP contribution in [0, 0.1) is 0 Å². The SMILES string of the molecule is C=CC(=C=O)CCC(=O)O. The molecule has 0 aromatic heterocycles. The first-order valence-electron chi connectivity index (χ1n) is 2.79. The van der Waals surface area contributed by atoms with E-state index in [0.717, 1.165) is 0 Å². The summed E-state index contributed by atoms with van der Waals surface area (Å²) in [5.41, 5.74) is 0.308. The monoisotopic (exact) mass is 140 g/mol.